The van der Waals surface area contributed by atoms with Crippen LogP contribution < -0.4 is 5.73 Å². The lowest BCUT2D eigenvalue weighted by Crippen LogP contribution is -1.94. The summed E-state index contributed by atoms with van der Waals surface area (Å²) in [6, 6.07) is 18.3. The van der Waals surface area contributed by atoms with Crippen LogP contribution in [0.4, 0.5) is 5.69 Å². The lowest BCUT2D eigenvalue weighted by molar-refractivity contribution is 1.30. The standard InChI is InChI=1S/C15H11N3/c16-11-9-10-5-1-3-7-13(10)18-14-8-4-2-6-12(14)17-15(11)18/h1-9H,16H2. The molecule has 0 aliphatic heterocycles. The van der Waals surface area contributed by atoms with Crippen molar-refractivity contribution in [2.45, 2.75) is 0 Å². The Morgan fingerprint density at radius 3 is 2.50 bits per heavy atom. The summed E-state index contributed by atoms with van der Waals surface area (Å²) in [6.45, 7) is 0. The van der Waals surface area contributed by atoms with E-state index in [0.29, 0.717) is 5.69 Å². The van der Waals surface area contributed by atoms with E-state index < -0.39 is 0 Å². The first-order chi connectivity index (χ1) is 8.84. The molecule has 3 nitrogen and oxygen atoms in total. The Balaban J connectivity index is 2.41. The first-order valence-corrected chi connectivity index (χ1v) is 5.89. The zero-order valence-electron chi connectivity index (χ0n) is 9.67. The minimum atomic E-state index is 0.713. The number of para-hydroxylation sites is 3. The van der Waals surface area contributed by atoms with Gasteiger partial charge in [0, 0.05) is 5.39 Å². The molecule has 0 radical (unpaired) electrons. The third-order valence-electron chi connectivity index (χ3n) is 3.31. The first-order valence-electron chi connectivity index (χ1n) is 5.89. The van der Waals surface area contributed by atoms with E-state index in [2.05, 4.69) is 27.6 Å². The summed E-state index contributed by atoms with van der Waals surface area (Å²) in [5.41, 5.74) is 10.8. The molecule has 0 amide bonds. The highest BCUT2D eigenvalue weighted by Gasteiger charge is 2.09. The van der Waals surface area contributed by atoms with Crippen LogP contribution in [0.5, 0.6) is 0 Å². The molecule has 0 unspecified atom stereocenters. The molecule has 0 aliphatic rings. The highest BCUT2D eigenvalue weighted by molar-refractivity contribution is 5.95. The van der Waals surface area contributed by atoms with E-state index in [0.717, 1.165) is 27.6 Å². The topological polar surface area (TPSA) is 43.3 Å². The fraction of sp³-hybridized carbons (Fsp3) is 0. The van der Waals surface area contributed by atoms with E-state index in [1.54, 1.807) is 0 Å². The Morgan fingerprint density at radius 1 is 0.889 bits per heavy atom. The SMILES string of the molecule is Nc1cc2ccccc2n2c1nc1ccccc12. The molecule has 0 atom stereocenters. The van der Waals surface area contributed by atoms with Gasteiger partial charge in [-0.2, -0.15) is 0 Å². The van der Waals surface area contributed by atoms with Crippen molar-refractivity contribution in [1.29, 1.82) is 0 Å². The van der Waals surface area contributed by atoms with E-state index in [-0.39, 0.29) is 0 Å². The van der Waals surface area contributed by atoms with Crippen LogP contribution in [-0.4, -0.2) is 9.38 Å². The number of aromatic nitrogens is 2. The second-order valence-electron chi connectivity index (χ2n) is 4.42. The monoisotopic (exact) mass is 233 g/mol. The van der Waals surface area contributed by atoms with Crippen LogP contribution in [0, 0.1) is 0 Å². The molecule has 2 aromatic heterocycles. The molecule has 2 heterocycles. The van der Waals surface area contributed by atoms with E-state index >= 15 is 0 Å². The van der Waals surface area contributed by atoms with Crippen molar-refractivity contribution in [3.05, 3.63) is 54.6 Å². The normalized spacial score (nSPS) is 11.6. The maximum atomic E-state index is 6.10. The molecule has 4 aromatic rings. The van der Waals surface area contributed by atoms with Gasteiger partial charge in [-0.1, -0.05) is 30.3 Å². The molecule has 3 heteroatoms. The number of nitrogens with zero attached hydrogens (tertiary/aromatic N) is 2. The maximum absolute atomic E-state index is 6.10. The second kappa shape index (κ2) is 3.23. The van der Waals surface area contributed by atoms with Crippen molar-refractivity contribution >= 4 is 33.3 Å². The average Bonchev–Trinajstić information content (AvgIpc) is 2.79. The number of benzene rings is 2. The molecule has 0 saturated heterocycles. The number of hydrogen-bond acceptors (Lipinski definition) is 2. The molecule has 0 spiro atoms. The van der Waals surface area contributed by atoms with Gasteiger partial charge in [0.15, 0.2) is 5.65 Å². The van der Waals surface area contributed by atoms with Crippen LogP contribution in [0.2, 0.25) is 0 Å². The Labute approximate surface area is 103 Å². The number of fused-ring (bicyclic) bond motifs is 5. The highest BCUT2D eigenvalue weighted by Crippen LogP contribution is 2.26. The summed E-state index contributed by atoms with van der Waals surface area (Å²) in [5, 5.41) is 1.13. The Morgan fingerprint density at radius 2 is 1.61 bits per heavy atom. The van der Waals surface area contributed by atoms with Crippen molar-refractivity contribution in [1.82, 2.24) is 9.38 Å². The smallest absolute Gasteiger partial charge is 0.161 e. The Bertz CT molecular complexity index is 890. The largest absolute Gasteiger partial charge is 0.396 e. The minimum Gasteiger partial charge on any atom is -0.396 e. The first kappa shape index (κ1) is 9.48. The Hall–Kier alpha value is -2.55. The number of nitrogen functional groups attached to an aromatic ring is 1. The summed E-state index contributed by atoms with van der Waals surface area (Å²) < 4.78 is 2.12. The van der Waals surface area contributed by atoms with E-state index in [1.165, 1.54) is 0 Å². The fourth-order valence-corrected chi connectivity index (χ4v) is 2.51. The molecule has 0 aliphatic carbocycles. The number of rotatable bonds is 0. The summed E-state index contributed by atoms with van der Waals surface area (Å²) >= 11 is 0. The molecule has 86 valence electrons. The molecule has 2 N–H and O–H groups in total. The third kappa shape index (κ3) is 1.10. The number of hydrogen-bond donors (Lipinski definition) is 1. The van der Waals surface area contributed by atoms with Gasteiger partial charge in [-0.25, -0.2) is 4.98 Å². The summed E-state index contributed by atoms with van der Waals surface area (Å²) in [6.07, 6.45) is 0. The summed E-state index contributed by atoms with van der Waals surface area (Å²) in [4.78, 5) is 4.60. The van der Waals surface area contributed by atoms with Crippen molar-refractivity contribution in [3.8, 4) is 0 Å². The number of nitrogens with two attached hydrogens (primary N) is 1. The van der Waals surface area contributed by atoms with Crippen LogP contribution in [-0.2, 0) is 0 Å². The molecule has 0 bridgehead atoms. The summed E-state index contributed by atoms with van der Waals surface area (Å²) in [7, 11) is 0. The molecule has 18 heavy (non-hydrogen) atoms. The van der Waals surface area contributed by atoms with Crippen LogP contribution in [0.3, 0.4) is 0 Å². The second-order valence-corrected chi connectivity index (χ2v) is 4.42. The van der Waals surface area contributed by atoms with Gasteiger partial charge in [0.25, 0.3) is 0 Å². The predicted molar refractivity (Wildman–Crippen MR) is 74.6 cm³/mol. The van der Waals surface area contributed by atoms with Gasteiger partial charge in [-0.05, 0) is 24.3 Å². The lowest BCUT2D eigenvalue weighted by atomic mass is 10.2. The number of imidazole rings is 1. The van der Waals surface area contributed by atoms with Crippen molar-refractivity contribution < 1.29 is 0 Å². The molecule has 0 fully saturated rings. The molecular formula is C15H11N3. The van der Waals surface area contributed by atoms with Crippen LogP contribution in [0.25, 0.3) is 27.6 Å². The van der Waals surface area contributed by atoms with Gasteiger partial charge in [-0.15, -0.1) is 0 Å². The van der Waals surface area contributed by atoms with E-state index in [1.807, 2.05) is 36.4 Å². The quantitative estimate of drug-likeness (QED) is 0.506. The third-order valence-corrected chi connectivity index (χ3v) is 3.31. The minimum absolute atomic E-state index is 0.713. The molecule has 4 rings (SSSR count). The van der Waals surface area contributed by atoms with Gasteiger partial charge >= 0.3 is 0 Å². The van der Waals surface area contributed by atoms with Crippen LogP contribution in [0.1, 0.15) is 0 Å². The zero-order chi connectivity index (χ0) is 12.1. The fourth-order valence-electron chi connectivity index (χ4n) is 2.51. The van der Waals surface area contributed by atoms with Crippen LogP contribution in [0.15, 0.2) is 54.6 Å². The average molecular weight is 233 g/mol. The van der Waals surface area contributed by atoms with Gasteiger partial charge in [0.2, 0.25) is 0 Å². The van der Waals surface area contributed by atoms with Crippen molar-refractivity contribution in [2.24, 2.45) is 0 Å². The van der Waals surface area contributed by atoms with Gasteiger partial charge in [-0.3, -0.25) is 4.40 Å². The van der Waals surface area contributed by atoms with Gasteiger partial charge in [0.05, 0.1) is 22.2 Å². The van der Waals surface area contributed by atoms with Gasteiger partial charge < -0.3 is 5.73 Å². The Kier molecular flexibility index (Phi) is 1.70. The van der Waals surface area contributed by atoms with Gasteiger partial charge in [0.1, 0.15) is 0 Å². The zero-order valence-corrected chi connectivity index (χ0v) is 9.67. The molecular weight excluding hydrogens is 222 g/mol. The highest BCUT2D eigenvalue weighted by atomic mass is 15.0. The van der Waals surface area contributed by atoms with E-state index in [9.17, 15) is 0 Å². The van der Waals surface area contributed by atoms with Crippen LogP contribution >= 0.6 is 0 Å². The lowest BCUT2D eigenvalue weighted by Gasteiger charge is -2.05. The molecule has 2 aromatic carbocycles. The number of anilines is 1. The predicted octanol–water partition coefficient (Wildman–Crippen LogP) is 3.22. The van der Waals surface area contributed by atoms with Crippen molar-refractivity contribution in [3.63, 3.8) is 0 Å². The van der Waals surface area contributed by atoms with Crippen molar-refractivity contribution in [2.75, 3.05) is 5.73 Å². The van der Waals surface area contributed by atoms with E-state index in [4.69, 9.17) is 5.73 Å². The molecule has 0 saturated carbocycles. The summed E-state index contributed by atoms with van der Waals surface area (Å²) in [5.74, 6) is 0. The maximum Gasteiger partial charge on any atom is 0.161 e. The number of pyridine rings is 1.